The number of para-hydroxylation sites is 1. The highest BCUT2D eigenvalue weighted by Crippen LogP contribution is 2.27. The Balaban J connectivity index is 0.000000738. The van der Waals surface area contributed by atoms with Crippen molar-refractivity contribution in [1.29, 1.82) is 0 Å². The number of rotatable bonds is 16. The molecule has 0 saturated carbocycles. The van der Waals surface area contributed by atoms with Gasteiger partial charge in [0.1, 0.15) is 18.5 Å². The van der Waals surface area contributed by atoms with E-state index in [1.54, 1.807) is 20.3 Å². The number of hydrogen-bond acceptors (Lipinski definition) is 8. The monoisotopic (exact) mass is 517 g/mol. The molecule has 0 bridgehead atoms. The van der Waals surface area contributed by atoms with E-state index >= 15 is 0 Å². The summed E-state index contributed by atoms with van der Waals surface area (Å²) in [7, 11) is 3.25. The minimum absolute atomic E-state index is 0.210. The van der Waals surface area contributed by atoms with E-state index in [4.69, 9.17) is 29.2 Å². The minimum Gasteiger partial charge on any atom is -0.493 e. The van der Waals surface area contributed by atoms with E-state index in [-0.39, 0.29) is 6.61 Å². The number of aliphatic hydroxyl groups excluding tert-OH is 1. The second-order valence-electron chi connectivity index (χ2n) is 7.53. The second kappa shape index (κ2) is 18.4. The molecule has 2 aromatic rings. The molecular formula is C27H35NO9. The molecule has 2 rings (SSSR count). The third-order valence-electron chi connectivity index (χ3n) is 4.68. The van der Waals surface area contributed by atoms with E-state index in [1.807, 2.05) is 42.5 Å². The number of benzene rings is 2. The Kier molecular flexibility index (Phi) is 15.5. The lowest BCUT2D eigenvalue weighted by Crippen LogP contribution is -2.32. The van der Waals surface area contributed by atoms with Crippen molar-refractivity contribution in [1.82, 2.24) is 5.32 Å². The number of carbonyl (C=O) groups is 2. The first-order valence-electron chi connectivity index (χ1n) is 11.4. The third kappa shape index (κ3) is 13.7. The van der Waals surface area contributed by atoms with E-state index in [0.29, 0.717) is 43.4 Å². The molecule has 10 heteroatoms. The first-order chi connectivity index (χ1) is 17.8. The van der Waals surface area contributed by atoms with Crippen LogP contribution in [0.15, 0.2) is 67.3 Å². The first-order valence-corrected chi connectivity index (χ1v) is 11.4. The lowest BCUT2D eigenvalue weighted by molar-refractivity contribution is -0.134. The van der Waals surface area contributed by atoms with E-state index in [2.05, 4.69) is 11.9 Å². The third-order valence-corrected chi connectivity index (χ3v) is 4.68. The van der Waals surface area contributed by atoms with Crippen molar-refractivity contribution in [3.05, 3.63) is 78.4 Å². The van der Waals surface area contributed by atoms with Crippen molar-refractivity contribution in [2.45, 2.75) is 19.1 Å². The van der Waals surface area contributed by atoms with Gasteiger partial charge in [-0.25, -0.2) is 9.59 Å². The van der Waals surface area contributed by atoms with Crippen molar-refractivity contribution >= 4 is 11.9 Å². The van der Waals surface area contributed by atoms with Crippen LogP contribution in [0.2, 0.25) is 0 Å². The summed E-state index contributed by atoms with van der Waals surface area (Å²) in [6, 6.07) is 13.5. The summed E-state index contributed by atoms with van der Waals surface area (Å²) in [4.78, 5) is 19.1. The Labute approximate surface area is 216 Å². The van der Waals surface area contributed by atoms with Crippen molar-refractivity contribution in [2.24, 2.45) is 0 Å². The average Bonchev–Trinajstić information content (AvgIpc) is 2.89. The molecule has 0 fully saturated rings. The lowest BCUT2D eigenvalue weighted by Gasteiger charge is -2.16. The fourth-order valence-corrected chi connectivity index (χ4v) is 2.94. The largest absolute Gasteiger partial charge is 0.493 e. The molecule has 1 unspecified atom stereocenters. The average molecular weight is 518 g/mol. The standard InChI is InChI=1S/C23H31NO5.C4H4O4/c1-4-13-28-16-19-7-5-6-8-21(19)29-17-20(25)15-24-12-11-18-9-10-22(26-2)23(14-18)27-3;5-3(6)1-2-4(7)8/h4-10,14,20,24-25H,1,11-13,15-17H2,2-3H3;1-2H,(H,5,6)(H,7,8)/b;2-1+. The van der Waals surface area contributed by atoms with Crippen LogP contribution in [0.4, 0.5) is 0 Å². The van der Waals surface area contributed by atoms with Crippen molar-refractivity contribution in [3.63, 3.8) is 0 Å². The van der Waals surface area contributed by atoms with Crippen molar-refractivity contribution in [3.8, 4) is 17.2 Å². The molecule has 1 atom stereocenters. The van der Waals surface area contributed by atoms with Crippen molar-refractivity contribution in [2.75, 3.05) is 40.5 Å². The smallest absolute Gasteiger partial charge is 0.328 e. The van der Waals surface area contributed by atoms with Gasteiger partial charge in [-0.2, -0.15) is 0 Å². The van der Waals surface area contributed by atoms with Crippen LogP contribution in [-0.2, 0) is 27.4 Å². The number of aliphatic hydroxyl groups is 1. The van der Waals surface area contributed by atoms with E-state index < -0.39 is 18.0 Å². The van der Waals surface area contributed by atoms with Gasteiger partial charge >= 0.3 is 11.9 Å². The maximum absolute atomic E-state index is 10.2. The van der Waals surface area contributed by atoms with E-state index in [9.17, 15) is 14.7 Å². The number of aliphatic carboxylic acids is 2. The maximum Gasteiger partial charge on any atom is 0.328 e. The molecule has 0 amide bonds. The van der Waals surface area contributed by atoms with Gasteiger partial charge in [0.15, 0.2) is 11.5 Å². The summed E-state index contributed by atoms with van der Waals surface area (Å²) in [6.45, 7) is 5.96. The molecule has 202 valence electrons. The molecule has 37 heavy (non-hydrogen) atoms. The fourth-order valence-electron chi connectivity index (χ4n) is 2.94. The van der Waals surface area contributed by atoms with Crippen LogP contribution in [0, 0.1) is 0 Å². The number of hydrogen-bond donors (Lipinski definition) is 4. The van der Waals surface area contributed by atoms with E-state index in [1.165, 1.54) is 0 Å². The summed E-state index contributed by atoms with van der Waals surface area (Å²) in [5, 5.41) is 29.1. The molecule has 2 aromatic carbocycles. The molecule has 10 nitrogen and oxygen atoms in total. The van der Waals surface area contributed by atoms with Gasteiger partial charge in [0.05, 0.1) is 27.4 Å². The summed E-state index contributed by atoms with van der Waals surface area (Å²) in [5.41, 5.74) is 2.08. The highest BCUT2D eigenvalue weighted by molar-refractivity contribution is 5.89. The SMILES string of the molecule is C=CCOCc1ccccc1OCC(O)CNCCc1ccc(OC)c(OC)c1.O=C(O)/C=C/C(=O)O. The second-order valence-corrected chi connectivity index (χ2v) is 7.53. The van der Waals surface area contributed by atoms with Gasteiger partial charge in [-0.1, -0.05) is 30.3 Å². The van der Waals surface area contributed by atoms with Crippen LogP contribution >= 0.6 is 0 Å². The van der Waals surface area contributed by atoms with Crippen LogP contribution in [-0.4, -0.2) is 73.9 Å². The maximum atomic E-state index is 10.2. The first kappa shape index (κ1) is 31.2. The van der Waals surface area contributed by atoms with Gasteiger partial charge in [-0.15, -0.1) is 6.58 Å². The molecule has 0 radical (unpaired) electrons. The molecule has 0 aliphatic heterocycles. The molecule has 0 aromatic heterocycles. The number of methoxy groups -OCH3 is 2. The molecule has 0 heterocycles. The van der Waals surface area contributed by atoms with Gasteiger partial charge in [-0.3, -0.25) is 0 Å². The molecule has 0 saturated heterocycles. The normalized spacial score (nSPS) is 11.2. The Morgan fingerprint density at radius 1 is 1.00 bits per heavy atom. The molecule has 0 aliphatic rings. The predicted molar refractivity (Wildman–Crippen MR) is 138 cm³/mol. The van der Waals surface area contributed by atoms with Gasteiger partial charge < -0.3 is 39.6 Å². The number of carboxylic acid groups (broad SMARTS) is 2. The van der Waals surface area contributed by atoms with Gasteiger partial charge in [-0.05, 0) is 36.7 Å². The highest BCUT2D eigenvalue weighted by Gasteiger charge is 2.09. The van der Waals surface area contributed by atoms with E-state index in [0.717, 1.165) is 29.8 Å². The summed E-state index contributed by atoms with van der Waals surface area (Å²) in [6.07, 6.45) is 3.03. The minimum atomic E-state index is -1.26. The van der Waals surface area contributed by atoms with Crippen molar-refractivity contribution < 1.29 is 43.9 Å². The zero-order valence-corrected chi connectivity index (χ0v) is 21.1. The molecular weight excluding hydrogens is 482 g/mol. The molecule has 4 N–H and O–H groups in total. The summed E-state index contributed by atoms with van der Waals surface area (Å²) < 4.78 is 21.8. The topological polar surface area (TPSA) is 144 Å². The number of carboxylic acids is 2. The Morgan fingerprint density at radius 3 is 2.30 bits per heavy atom. The van der Waals surface area contributed by atoms with Gasteiger partial charge in [0.25, 0.3) is 0 Å². The highest BCUT2D eigenvalue weighted by atomic mass is 16.5. The zero-order chi connectivity index (χ0) is 27.5. The fraction of sp³-hybridized carbons (Fsp3) is 0.333. The Morgan fingerprint density at radius 2 is 1.68 bits per heavy atom. The molecule has 0 aliphatic carbocycles. The van der Waals surface area contributed by atoms with Crippen LogP contribution in [0.5, 0.6) is 17.2 Å². The lowest BCUT2D eigenvalue weighted by atomic mass is 10.1. The summed E-state index contributed by atoms with van der Waals surface area (Å²) in [5.74, 6) is -0.359. The molecule has 0 spiro atoms. The number of ether oxygens (including phenoxy) is 4. The quantitative estimate of drug-likeness (QED) is 0.149. The summed E-state index contributed by atoms with van der Waals surface area (Å²) >= 11 is 0. The zero-order valence-electron chi connectivity index (χ0n) is 21.1. The van der Waals surface area contributed by atoms with Crippen LogP contribution in [0.3, 0.4) is 0 Å². The Bertz CT molecular complexity index is 991. The Hall–Kier alpha value is -3.86. The van der Waals surface area contributed by atoms with Crippen LogP contribution in [0.1, 0.15) is 11.1 Å². The van der Waals surface area contributed by atoms with Gasteiger partial charge in [0, 0.05) is 24.3 Å². The van der Waals surface area contributed by atoms with Crippen LogP contribution < -0.4 is 19.5 Å². The van der Waals surface area contributed by atoms with Crippen LogP contribution in [0.25, 0.3) is 0 Å². The van der Waals surface area contributed by atoms with Gasteiger partial charge in [0.2, 0.25) is 0 Å². The predicted octanol–water partition coefficient (Wildman–Crippen LogP) is 2.69. The number of nitrogens with one attached hydrogen (secondary N) is 1.